The third-order valence-electron chi connectivity index (χ3n) is 5.84. The number of piperidine rings is 1. The molecule has 2 atom stereocenters. The number of nitrogens with zero attached hydrogens (tertiary/aromatic N) is 3. The summed E-state index contributed by atoms with van der Waals surface area (Å²) in [5.74, 6) is 0.347. The van der Waals surface area contributed by atoms with Gasteiger partial charge in [-0.15, -0.1) is 0 Å². The van der Waals surface area contributed by atoms with Crippen LogP contribution >= 0.6 is 0 Å². The summed E-state index contributed by atoms with van der Waals surface area (Å²) in [6.07, 6.45) is 5.56. The van der Waals surface area contributed by atoms with Crippen molar-refractivity contribution in [3.8, 4) is 11.1 Å². The van der Waals surface area contributed by atoms with E-state index in [1.165, 1.54) is 0 Å². The Morgan fingerprint density at radius 1 is 1.11 bits per heavy atom. The Morgan fingerprint density at radius 2 is 1.89 bits per heavy atom. The van der Waals surface area contributed by atoms with Crippen molar-refractivity contribution >= 4 is 11.8 Å². The summed E-state index contributed by atoms with van der Waals surface area (Å²) < 4.78 is 0. The summed E-state index contributed by atoms with van der Waals surface area (Å²) in [6, 6.07) is 9.95. The first-order chi connectivity index (χ1) is 13.1. The molecule has 0 radical (unpaired) electrons. The van der Waals surface area contributed by atoms with Gasteiger partial charge in [-0.25, -0.2) is 0 Å². The molecule has 1 N–H and O–H groups in total. The standard InChI is InChI=1S/C21H26N4O2/c1-15(26)25-12-6-10-19(25)21(27)24-11-5-9-17(14-24)20-18(13-22-23-20)16-7-3-2-4-8-16/h2-4,7-8,13,17,19H,5-6,9-12,14H2,1H3,(H,22,23)/t17?,19-/m0/s1. The fourth-order valence-electron chi connectivity index (χ4n) is 4.48. The molecule has 142 valence electrons. The number of amides is 2. The van der Waals surface area contributed by atoms with Gasteiger partial charge in [-0.05, 0) is 31.2 Å². The number of carbonyl (C=O) groups excluding carboxylic acids is 2. The molecule has 1 aromatic carbocycles. The lowest BCUT2D eigenvalue weighted by atomic mass is 9.90. The number of rotatable bonds is 3. The van der Waals surface area contributed by atoms with Crippen LogP contribution in [0.4, 0.5) is 0 Å². The van der Waals surface area contributed by atoms with E-state index in [1.54, 1.807) is 11.8 Å². The molecule has 2 aliphatic heterocycles. The molecule has 0 aliphatic carbocycles. The highest BCUT2D eigenvalue weighted by molar-refractivity contribution is 5.87. The van der Waals surface area contributed by atoms with E-state index in [-0.39, 0.29) is 23.8 Å². The molecule has 0 saturated carbocycles. The lowest BCUT2D eigenvalue weighted by molar-refractivity contribution is -0.143. The van der Waals surface area contributed by atoms with Crippen molar-refractivity contribution in [3.63, 3.8) is 0 Å². The van der Waals surface area contributed by atoms with E-state index in [4.69, 9.17) is 0 Å². The molecule has 27 heavy (non-hydrogen) atoms. The van der Waals surface area contributed by atoms with Crippen LogP contribution < -0.4 is 0 Å². The fraction of sp³-hybridized carbons (Fsp3) is 0.476. The van der Waals surface area contributed by atoms with Crippen molar-refractivity contribution in [1.82, 2.24) is 20.0 Å². The second kappa shape index (κ2) is 7.55. The summed E-state index contributed by atoms with van der Waals surface area (Å²) in [4.78, 5) is 28.6. The van der Waals surface area contributed by atoms with Gasteiger partial charge < -0.3 is 9.80 Å². The minimum absolute atomic E-state index is 0.000610. The highest BCUT2D eigenvalue weighted by Crippen LogP contribution is 2.33. The van der Waals surface area contributed by atoms with Gasteiger partial charge >= 0.3 is 0 Å². The predicted molar refractivity (Wildman–Crippen MR) is 103 cm³/mol. The van der Waals surface area contributed by atoms with Crippen LogP contribution in [0.3, 0.4) is 0 Å². The Morgan fingerprint density at radius 3 is 2.67 bits per heavy atom. The molecular weight excluding hydrogens is 340 g/mol. The smallest absolute Gasteiger partial charge is 0.245 e. The van der Waals surface area contributed by atoms with Crippen LogP contribution in [0, 0.1) is 0 Å². The second-order valence-electron chi connectivity index (χ2n) is 7.56. The van der Waals surface area contributed by atoms with Crippen molar-refractivity contribution < 1.29 is 9.59 Å². The molecule has 2 amide bonds. The molecule has 2 saturated heterocycles. The highest BCUT2D eigenvalue weighted by atomic mass is 16.2. The number of carbonyl (C=O) groups is 2. The molecule has 0 bridgehead atoms. The number of hydrogen-bond donors (Lipinski definition) is 1. The van der Waals surface area contributed by atoms with Gasteiger partial charge in [0.1, 0.15) is 6.04 Å². The Kier molecular flexibility index (Phi) is 4.97. The van der Waals surface area contributed by atoms with Crippen LogP contribution in [-0.2, 0) is 9.59 Å². The van der Waals surface area contributed by atoms with Gasteiger partial charge in [0.15, 0.2) is 0 Å². The van der Waals surface area contributed by atoms with Crippen molar-refractivity contribution in [2.75, 3.05) is 19.6 Å². The maximum absolute atomic E-state index is 13.1. The summed E-state index contributed by atoms with van der Waals surface area (Å²) in [5, 5.41) is 7.45. The van der Waals surface area contributed by atoms with E-state index < -0.39 is 0 Å². The quantitative estimate of drug-likeness (QED) is 0.908. The van der Waals surface area contributed by atoms with Crippen LogP contribution in [-0.4, -0.2) is 57.5 Å². The average molecular weight is 366 g/mol. The first-order valence-corrected chi connectivity index (χ1v) is 9.80. The van der Waals surface area contributed by atoms with E-state index in [1.807, 2.05) is 29.3 Å². The van der Waals surface area contributed by atoms with E-state index in [0.717, 1.165) is 49.0 Å². The zero-order chi connectivity index (χ0) is 18.8. The molecule has 2 aliphatic rings. The van der Waals surface area contributed by atoms with E-state index in [2.05, 4.69) is 22.3 Å². The molecule has 1 aromatic heterocycles. The third-order valence-corrected chi connectivity index (χ3v) is 5.84. The summed E-state index contributed by atoms with van der Waals surface area (Å²) in [7, 11) is 0. The molecule has 4 rings (SSSR count). The van der Waals surface area contributed by atoms with E-state index >= 15 is 0 Å². The molecule has 6 nitrogen and oxygen atoms in total. The molecule has 2 aromatic rings. The van der Waals surface area contributed by atoms with Crippen LogP contribution in [0.2, 0.25) is 0 Å². The summed E-state index contributed by atoms with van der Waals surface area (Å²) >= 11 is 0. The molecular formula is C21H26N4O2. The van der Waals surface area contributed by atoms with Gasteiger partial charge in [0.05, 0.1) is 6.20 Å². The van der Waals surface area contributed by atoms with Crippen LogP contribution in [0.5, 0.6) is 0 Å². The molecule has 1 unspecified atom stereocenters. The van der Waals surface area contributed by atoms with Gasteiger partial charge in [0.2, 0.25) is 11.8 Å². The van der Waals surface area contributed by atoms with E-state index in [0.29, 0.717) is 13.1 Å². The maximum atomic E-state index is 13.1. The minimum Gasteiger partial charge on any atom is -0.340 e. The number of H-pyrrole nitrogens is 1. The van der Waals surface area contributed by atoms with Crippen molar-refractivity contribution in [2.45, 2.75) is 44.6 Å². The minimum atomic E-state index is -0.281. The summed E-state index contributed by atoms with van der Waals surface area (Å²) in [5.41, 5.74) is 3.36. The van der Waals surface area contributed by atoms with Crippen LogP contribution in [0.15, 0.2) is 36.5 Å². The topological polar surface area (TPSA) is 69.3 Å². The van der Waals surface area contributed by atoms with Gasteiger partial charge in [0, 0.05) is 43.7 Å². The first kappa shape index (κ1) is 17.8. The Balaban J connectivity index is 1.52. The van der Waals surface area contributed by atoms with Gasteiger partial charge in [-0.2, -0.15) is 5.10 Å². The second-order valence-corrected chi connectivity index (χ2v) is 7.56. The SMILES string of the molecule is CC(=O)N1CCC[C@H]1C(=O)N1CCCC(c2[nH]ncc2-c2ccccc2)C1. The number of aromatic nitrogens is 2. The Labute approximate surface area is 159 Å². The third kappa shape index (κ3) is 3.48. The van der Waals surface area contributed by atoms with Gasteiger partial charge in [0.25, 0.3) is 0 Å². The van der Waals surface area contributed by atoms with Crippen LogP contribution in [0.1, 0.15) is 44.2 Å². The number of likely N-dealkylation sites (tertiary alicyclic amines) is 2. The lowest BCUT2D eigenvalue weighted by Crippen LogP contribution is -2.49. The average Bonchev–Trinajstić information content (AvgIpc) is 3.38. The van der Waals surface area contributed by atoms with E-state index in [9.17, 15) is 9.59 Å². The fourth-order valence-corrected chi connectivity index (χ4v) is 4.48. The molecule has 6 heteroatoms. The number of aromatic amines is 1. The monoisotopic (exact) mass is 366 g/mol. The highest BCUT2D eigenvalue weighted by Gasteiger charge is 2.37. The van der Waals surface area contributed by atoms with Crippen molar-refractivity contribution in [3.05, 3.63) is 42.2 Å². The Bertz CT molecular complexity index is 817. The van der Waals surface area contributed by atoms with Crippen LogP contribution in [0.25, 0.3) is 11.1 Å². The number of nitrogens with one attached hydrogen (secondary N) is 1. The van der Waals surface area contributed by atoms with Gasteiger partial charge in [-0.1, -0.05) is 30.3 Å². The van der Waals surface area contributed by atoms with Crippen molar-refractivity contribution in [1.29, 1.82) is 0 Å². The van der Waals surface area contributed by atoms with Gasteiger partial charge in [-0.3, -0.25) is 14.7 Å². The molecule has 2 fully saturated rings. The zero-order valence-corrected chi connectivity index (χ0v) is 15.7. The first-order valence-electron chi connectivity index (χ1n) is 9.80. The number of hydrogen-bond acceptors (Lipinski definition) is 3. The molecule has 0 spiro atoms. The number of benzene rings is 1. The zero-order valence-electron chi connectivity index (χ0n) is 15.7. The molecule has 3 heterocycles. The summed E-state index contributed by atoms with van der Waals surface area (Å²) in [6.45, 7) is 3.71. The normalized spacial score (nSPS) is 22.9. The maximum Gasteiger partial charge on any atom is 0.245 e. The Hall–Kier alpha value is -2.63. The lowest BCUT2D eigenvalue weighted by Gasteiger charge is -2.36. The van der Waals surface area contributed by atoms with Crippen molar-refractivity contribution in [2.24, 2.45) is 0 Å². The largest absolute Gasteiger partial charge is 0.340 e. The predicted octanol–water partition coefficient (Wildman–Crippen LogP) is 2.79.